The van der Waals surface area contributed by atoms with Crippen LogP contribution in [0.1, 0.15) is 11.1 Å². The first-order valence-electron chi connectivity index (χ1n) is 5.72. The fourth-order valence-electron chi connectivity index (χ4n) is 2.05. The number of phenols is 2. The smallest absolute Gasteiger partial charge is 0.206 e. The summed E-state index contributed by atoms with van der Waals surface area (Å²) in [5, 5.41) is 22.2. The summed E-state index contributed by atoms with van der Waals surface area (Å²) in [7, 11) is 0. The number of nitrogens with zero attached hydrogens (tertiary/aromatic N) is 1. The second-order valence-electron chi connectivity index (χ2n) is 4.39. The Morgan fingerprint density at radius 2 is 1.94 bits per heavy atom. The summed E-state index contributed by atoms with van der Waals surface area (Å²) in [4.78, 5) is 2.14. The molecule has 1 saturated heterocycles. The molecular formula is C12H17FN2O2. The Labute approximate surface area is 99.7 Å². The van der Waals surface area contributed by atoms with Crippen molar-refractivity contribution in [2.24, 2.45) is 0 Å². The molecule has 5 heteroatoms. The second kappa shape index (κ2) is 4.89. The van der Waals surface area contributed by atoms with E-state index in [9.17, 15) is 14.6 Å². The quantitative estimate of drug-likeness (QED) is 0.720. The van der Waals surface area contributed by atoms with Gasteiger partial charge in [-0.05, 0) is 18.6 Å². The molecule has 0 aromatic heterocycles. The van der Waals surface area contributed by atoms with Crippen molar-refractivity contribution in [3.05, 3.63) is 23.0 Å². The highest BCUT2D eigenvalue weighted by atomic mass is 19.1. The third-order valence-electron chi connectivity index (χ3n) is 3.09. The molecule has 0 radical (unpaired) electrons. The number of piperazine rings is 1. The monoisotopic (exact) mass is 240 g/mol. The highest BCUT2D eigenvalue weighted by Crippen LogP contribution is 2.32. The molecule has 1 aliphatic heterocycles. The SMILES string of the molecule is Cc1cc(CN2CCNCC2)c(O)c(F)c1O. The molecule has 2 rings (SSSR count). The lowest BCUT2D eigenvalue weighted by Gasteiger charge is -2.27. The molecule has 0 atom stereocenters. The van der Waals surface area contributed by atoms with Gasteiger partial charge in [-0.15, -0.1) is 0 Å². The highest BCUT2D eigenvalue weighted by Gasteiger charge is 2.18. The van der Waals surface area contributed by atoms with Gasteiger partial charge < -0.3 is 15.5 Å². The molecule has 4 nitrogen and oxygen atoms in total. The molecule has 1 aromatic rings. The van der Waals surface area contributed by atoms with Crippen LogP contribution in [0.2, 0.25) is 0 Å². The van der Waals surface area contributed by atoms with Crippen molar-refractivity contribution in [3.8, 4) is 11.5 Å². The van der Waals surface area contributed by atoms with Crippen LogP contribution in [0.5, 0.6) is 11.5 Å². The normalized spacial score (nSPS) is 17.3. The summed E-state index contributed by atoms with van der Waals surface area (Å²) in [5.74, 6) is -1.83. The van der Waals surface area contributed by atoms with Gasteiger partial charge in [-0.25, -0.2) is 0 Å². The molecule has 0 spiro atoms. The molecule has 94 valence electrons. The number of hydrogen-bond donors (Lipinski definition) is 3. The number of aryl methyl sites for hydroxylation is 1. The van der Waals surface area contributed by atoms with Crippen LogP contribution < -0.4 is 5.32 Å². The lowest BCUT2D eigenvalue weighted by atomic mass is 10.1. The number of aromatic hydroxyl groups is 2. The molecule has 0 unspecified atom stereocenters. The summed E-state index contributed by atoms with van der Waals surface area (Å²) < 4.78 is 13.5. The van der Waals surface area contributed by atoms with Crippen LogP contribution in [0.25, 0.3) is 0 Å². The third kappa shape index (κ3) is 2.50. The largest absolute Gasteiger partial charge is 0.505 e. The van der Waals surface area contributed by atoms with Gasteiger partial charge in [0, 0.05) is 38.3 Å². The molecular weight excluding hydrogens is 223 g/mol. The van der Waals surface area contributed by atoms with Crippen LogP contribution >= 0.6 is 0 Å². The molecule has 0 saturated carbocycles. The van der Waals surface area contributed by atoms with Crippen molar-refractivity contribution in [1.82, 2.24) is 10.2 Å². The number of halogens is 1. The van der Waals surface area contributed by atoms with E-state index in [-0.39, 0.29) is 0 Å². The van der Waals surface area contributed by atoms with Gasteiger partial charge in [-0.3, -0.25) is 4.90 Å². The standard InChI is InChI=1S/C12H17FN2O2/c1-8-6-9(12(17)10(13)11(8)16)7-15-4-2-14-3-5-15/h6,14,16-17H,2-5,7H2,1H3. The Kier molecular flexibility index (Phi) is 3.49. The first-order valence-corrected chi connectivity index (χ1v) is 5.72. The lowest BCUT2D eigenvalue weighted by Crippen LogP contribution is -2.42. The van der Waals surface area contributed by atoms with Crippen LogP contribution in [-0.4, -0.2) is 41.3 Å². The van der Waals surface area contributed by atoms with Crippen LogP contribution in [0.3, 0.4) is 0 Å². The van der Waals surface area contributed by atoms with Crippen molar-refractivity contribution in [2.75, 3.05) is 26.2 Å². The van der Waals surface area contributed by atoms with E-state index in [2.05, 4.69) is 10.2 Å². The molecule has 3 N–H and O–H groups in total. The van der Waals surface area contributed by atoms with Crippen LogP contribution in [-0.2, 0) is 6.54 Å². The number of hydrogen-bond acceptors (Lipinski definition) is 4. The van der Waals surface area contributed by atoms with E-state index in [4.69, 9.17) is 0 Å². The maximum atomic E-state index is 13.5. The third-order valence-corrected chi connectivity index (χ3v) is 3.09. The van der Waals surface area contributed by atoms with E-state index in [1.54, 1.807) is 13.0 Å². The van der Waals surface area contributed by atoms with Gasteiger partial charge in [0.25, 0.3) is 0 Å². The fraction of sp³-hybridized carbons (Fsp3) is 0.500. The molecule has 0 aliphatic carbocycles. The molecule has 1 aromatic carbocycles. The van der Waals surface area contributed by atoms with E-state index in [1.165, 1.54) is 0 Å². The highest BCUT2D eigenvalue weighted by molar-refractivity contribution is 5.46. The maximum Gasteiger partial charge on any atom is 0.206 e. The minimum Gasteiger partial charge on any atom is -0.505 e. The van der Waals surface area contributed by atoms with Gasteiger partial charge in [0.1, 0.15) is 0 Å². The van der Waals surface area contributed by atoms with Crippen LogP contribution in [0.15, 0.2) is 6.07 Å². The Hall–Kier alpha value is -1.33. The molecule has 1 fully saturated rings. The Balaban J connectivity index is 2.20. The molecule has 0 amide bonds. The summed E-state index contributed by atoms with van der Waals surface area (Å²) >= 11 is 0. The summed E-state index contributed by atoms with van der Waals surface area (Å²) in [6.45, 7) is 5.69. The van der Waals surface area contributed by atoms with Crippen molar-refractivity contribution in [3.63, 3.8) is 0 Å². The Morgan fingerprint density at radius 1 is 1.29 bits per heavy atom. The number of nitrogens with one attached hydrogen (secondary N) is 1. The van der Waals surface area contributed by atoms with Crippen molar-refractivity contribution in [2.45, 2.75) is 13.5 Å². The van der Waals surface area contributed by atoms with Crippen molar-refractivity contribution < 1.29 is 14.6 Å². The maximum absolute atomic E-state index is 13.5. The zero-order chi connectivity index (χ0) is 12.4. The number of benzene rings is 1. The van der Waals surface area contributed by atoms with Crippen LogP contribution in [0, 0.1) is 12.7 Å². The average Bonchev–Trinajstić information content (AvgIpc) is 2.35. The Bertz CT molecular complexity index is 417. The first kappa shape index (κ1) is 12.1. The summed E-state index contributed by atoms with van der Waals surface area (Å²) in [6, 6.07) is 1.63. The number of phenolic OH excluding ortho intramolecular Hbond substituents is 2. The topological polar surface area (TPSA) is 55.7 Å². The van der Waals surface area contributed by atoms with E-state index in [0.29, 0.717) is 17.7 Å². The van der Waals surface area contributed by atoms with Crippen molar-refractivity contribution >= 4 is 0 Å². The fourth-order valence-corrected chi connectivity index (χ4v) is 2.05. The predicted octanol–water partition coefficient (Wildman–Crippen LogP) is 0.951. The summed E-state index contributed by atoms with van der Waals surface area (Å²) in [5.41, 5.74) is 0.977. The first-order chi connectivity index (χ1) is 8.09. The second-order valence-corrected chi connectivity index (χ2v) is 4.39. The minimum absolute atomic E-state index is 0.438. The molecule has 1 heterocycles. The molecule has 1 aliphatic rings. The molecule has 17 heavy (non-hydrogen) atoms. The van der Waals surface area contributed by atoms with Gasteiger partial charge in [0.15, 0.2) is 11.5 Å². The van der Waals surface area contributed by atoms with E-state index < -0.39 is 17.3 Å². The van der Waals surface area contributed by atoms with Gasteiger partial charge in [0.05, 0.1) is 0 Å². The van der Waals surface area contributed by atoms with E-state index >= 15 is 0 Å². The summed E-state index contributed by atoms with van der Waals surface area (Å²) in [6.07, 6.45) is 0. The van der Waals surface area contributed by atoms with Gasteiger partial charge in [-0.1, -0.05) is 0 Å². The van der Waals surface area contributed by atoms with Crippen LogP contribution in [0.4, 0.5) is 4.39 Å². The predicted molar refractivity (Wildman–Crippen MR) is 62.6 cm³/mol. The molecule has 0 bridgehead atoms. The zero-order valence-electron chi connectivity index (χ0n) is 9.83. The van der Waals surface area contributed by atoms with Gasteiger partial charge in [-0.2, -0.15) is 4.39 Å². The van der Waals surface area contributed by atoms with Gasteiger partial charge >= 0.3 is 0 Å². The zero-order valence-corrected chi connectivity index (χ0v) is 9.83. The number of rotatable bonds is 2. The van der Waals surface area contributed by atoms with Crippen molar-refractivity contribution in [1.29, 1.82) is 0 Å². The Morgan fingerprint density at radius 3 is 2.59 bits per heavy atom. The van der Waals surface area contributed by atoms with Gasteiger partial charge in [0.2, 0.25) is 5.82 Å². The van der Waals surface area contributed by atoms with E-state index in [0.717, 1.165) is 26.2 Å². The average molecular weight is 240 g/mol. The minimum atomic E-state index is -0.921. The van der Waals surface area contributed by atoms with E-state index in [1.807, 2.05) is 0 Å². The lowest BCUT2D eigenvalue weighted by molar-refractivity contribution is 0.229.